The van der Waals surface area contributed by atoms with Crippen molar-refractivity contribution in [2.24, 2.45) is 5.92 Å². The highest BCUT2D eigenvalue weighted by molar-refractivity contribution is 6.69. The Labute approximate surface area is 103 Å². The van der Waals surface area contributed by atoms with Gasteiger partial charge in [0, 0.05) is 6.04 Å². The van der Waals surface area contributed by atoms with Crippen molar-refractivity contribution in [3.63, 3.8) is 0 Å². The van der Waals surface area contributed by atoms with Crippen molar-refractivity contribution in [1.82, 2.24) is 5.32 Å². The molecule has 0 aromatic carbocycles. The highest BCUT2D eigenvalue weighted by atomic mass is 28.4. The van der Waals surface area contributed by atoms with Gasteiger partial charge in [0.25, 0.3) is 0 Å². The van der Waals surface area contributed by atoms with E-state index in [9.17, 15) is 0 Å². The second-order valence-corrected chi connectivity index (χ2v) is 10.0. The van der Waals surface area contributed by atoms with E-state index in [4.69, 9.17) is 4.43 Å². The van der Waals surface area contributed by atoms with Gasteiger partial charge in [-0.2, -0.15) is 0 Å². The first-order valence-corrected chi connectivity index (χ1v) is 9.69. The lowest BCUT2D eigenvalue weighted by Crippen LogP contribution is -2.46. The van der Waals surface area contributed by atoms with E-state index in [1.807, 2.05) is 7.05 Å². The van der Waals surface area contributed by atoms with Crippen LogP contribution >= 0.6 is 0 Å². The Kier molecular flexibility index (Phi) is 7.20. The van der Waals surface area contributed by atoms with Gasteiger partial charge in [-0.25, -0.2) is 0 Å². The Bertz CT molecular complexity index is 210. The van der Waals surface area contributed by atoms with E-state index in [-0.39, 0.29) is 0 Å². The van der Waals surface area contributed by atoms with Crippen molar-refractivity contribution >= 4 is 8.32 Å². The molecule has 0 aliphatic carbocycles. The van der Waals surface area contributed by atoms with Gasteiger partial charge in [0.2, 0.25) is 0 Å². The summed E-state index contributed by atoms with van der Waals surface area (Å²) in [6.07, 6.45) is 5.75. The summed E-state index contributed by atoms with van der Waals surface area (Å²) in [5.41, 5.74) is 0. The third-order valence-corrected chi connectivity index (χ3v) is 3.72. The summed E-state index contributed by atoms with van der Waals surface area (Å²) in [4.78, 5) is 0. The van der Waals surface area contributed by atoms with Crippen molar-refractivity contribution < 1.29 is 4.43 Å². The van der Waals surface area contributed by atoms with Crippen molar-refractivity contribution in [1.29, 1.82) is 0 Å². The molecule has 96 valence electrons. The van der Waals surface area contributed by atoms with Gasteiger partial charge >= 0.3 is 0 Å². The van der Waals surface area contributed by atoms with E-state index in [1.165, 1.54) is 0 Å². The van der Waals surface area contributed by atoms with Gasteiger partial charge in [0.15, 0.2) is 8.32 Å². The molecule has 0 rings (SSSR count). The second-order valence-electron chi connectivity index (χ2n) is 5.55. The average Bonchev–Trinajstić information content (AvgIpc) is 2.20. The minimum absolute atomic E-state index is 0.313. The molecule has 1 N–H and O–H groups in total. The predicted molar refractivity (Wildman–Crippen MR) is 75.3 cm³/mol. The van der Waals surface area contributed by atoms with Crippen molar-refractivity contribution in [3.8, 4) is 0 Å². The van der Waals surface area contributed by atoms with E-state index in [2.05, 4.69) is 57.9 Å². The summed E-state index contributed by atoms with van der Waals surface area (Å²) in [5.74, 6) is 0.561. The molecule has 0 unspecified atom stereocenters. The summed E-state index contributed by atoms with van der Waals surface area (Å²) < 4.78 is 6.29. The van der Waals surface area contributed by atoms with Gasteiger partial charge in [-0.05, 0) is 52.9 Å². The zero-order valence-corrected chi connectivity index (χ0v) is 13.0. The van der Waals surface area contributed by atoms with Crippen molar-refractivity contribution in [3.05, 3.63) is 12.2 Å². The number of nitrogens with one attached hydrogen (secondary N) is 1. The summed E-state index contributed by atoms with van der Waals surface area (Å²) in [6.45, 7) is 13.3. The lowest BCUT2D eigenvalue weighted by Gasteiger charge is -2.34. The lowest BCUT2D eigenvalue weighted by molar-refractivity contribution is 0.103. The highest BCUT2D eigenvalue weighted by Gasteiger charge is 2.28. The molecule has 0 aromatic heterocycles. The molecular weight excluding hydrogens is 214 g/mol. The molecule has 0 radical (unpaired) electrons. The Morgan fingerprint density at radius 3 is 2.19 bits per heavy atom. The van der Waals surface area contributed by atoms with Gasteiger partial charge in [-0.3, -0.25) is 0 Å². The quantitative estimate of drug-likeness (QED) is 0.546. The monoisotopic (exact) mass is 243 g/mol. The number of hydrogen-bond acceptors (Lipinski definition) is 2. The van der Waals surface area contributed by atoms with E-state index >= 15 is 0 Å². The Balaban J connectivity index is 4.53. The summed E-state index contributed by atoms with van der Waals surface area (Å²) >= 11 is 0. The molecule has 0 spiro atoms. The topological polar surface area (TPSA) is 21.3 Å². The van der Waals surface area contributed by atoms with Crippen LogP contribution in [0.4, 0.5) is 0 Å². The fourth-order valence-corrected chi connectivity index (χ4v) is 3.02. The molecular formula is C13H29NOSi. The summed E-state index contributed by atoms with van der Waals surface area (Å²) in [6, 6.07) is 0.409. The molecule has 3 heteroatoms. The van der Waals surface area contributed by atoms with Gasteiger partial charge in [0.1, 0.15) is 0 Å². The molecule has 3 atom stereocenters. The minimum Gasteiger partial charge on any atom is -0.413 e. The lowest BCUT2D eigenvalue weighted by atomic mass is 9.95. The number of hydrogen-bond donors (Lipinski definition) is 1. The Morgan fingerprint density at radius 1 is 1.25 bits per heavy atom. The maximum Gasteiger partial charge on any atom is 0.184 e. The molecule has 2 nitrogen and oxygen atoms in total. The van der Waals surface area contributed by atoms with Crippen LogP contribution in [-0.2, 0) is 4.43 Å². The summed E-state index contributed by atoms with van der Waals surface area (Å²) in [7, 11) is 0.542. The van der Waals surface area contributed by atoms with Crippen LogP contribution < -0.4 is 5.32 Å². The maximum absolute atomic E-state index is 6.29. The van der Waals surface area contributed by atoms with Crippen LogP contribution in [0.15, 0.2) is 12.2 Å². The zero-order valence-electron chi connectivity index (χ0n) is 12.0. The molecule has 0 aliphatic rings. The zero-order chi connectivity index (χ0) is 12.8. The third kappa shape index (κ3) is 6.46. The molecule has 0 fully saturated rings. The highest BCUT2D eigenvalue weighted by Crippen LogP contribution is 2.20. The Hall–Kier alpha value is -0.123. The van der Waals surface area contributed by atoms with Gasteiger partial charge < -0.3 is 9.74 Å². The van der Waals surface area contributed by atoms with E-state index in [0.29, 0.717) is 18.1 Å². The van der Waals surface area contributed by atoms with E-state index in [0.717, 1.165) is 6.42 Å². The largest absolute Gasteiger partial charge is 0.413 e. The normalized spacial score (nSPS) is 18.7. The number of rotatable bonds is 7. The molecule has 0 aromatic rings. The van der Waals surface area contributed by atoms with E-state index < -0.39 is 8.32 Å². The first-order chi connectivity index (χ1) is 7.31. The van der Waals surface area contributed by atoms with Gasteiger partial charge in [-0.1, -0.05) is 19.1 Å². The van der Waals surface area contributed by atoms with Gasteiger partial charge in [0.05, 0.1) is 6.10 Å². The van der Waals surface area contributed by atoms with Crippen LogP contribution in [0.2, 0.25) is 19.6 Å². The maximum atomic E-state index is 6.29. The van der Waals surface area contributed by atoms with Crippen LogP contribution in [0.5, 0.6) is 0 Å². The molecule has 0 aliphatic heterocycles. The van der Waals surface area contributed by atoms with Crippen molar-refractivity contribution in [2.45, 2.75) is 59.0 Å². The molecule has 0 heterocycles. The number of allylic oxidation sites excluding steroid dienone is 2. The smallest absolute Gasteiger partial charge is 0.184 e. The van der Waals surface area contributed by atoms with Gasteiger partial charge in [-0.15, -0.1) is 0 Å². The third-order valence-electron chi connectivity index (χ3n) is 2.74. The SMILES string of the molecule is C/C=C/C[C@@H](C)[C@@H](O[Si](C)(C)C)[C@H](C)NC. The molecule has 0 saturated heterocycles. The molecule has 0 bridgehead atoms. The van der Waals surface area contributed by atoms with Crippen LogP contribution in [0.25, 0.3) is 0 Å². The van der Waals surface area contributed by atoms with Crippen LogP contribution in [0.3, 0.4) is 0 Å². The fourth-order valence-electron chi connectivity index (χ4n) is 1.77. The van der Waals surface area contributed by atoms with Crippen LogP contribution in [-0.4, -0.2) is 27.5 Å². The Morgan fingerprint density at radius 2 is 1.81 bits per heavy atom. The first kappa shape index (κ1) is 15.9. The fraction of sp³-hybridized carbons (Fsp3) is 0.846. The first-order valence-electron chi connectivity index (χ1n) is 6.28. The van der Waals surface area contributed by atoms with Crippen molar-refractivity contribution in [2.75, 3.05) is 7.05 Å². The molecule has 0 amide bonds. The predicted octanol–water partition coefficient (Wildman–Crippen LogP) is 3.42. The summed E-state index contributed by atoms with van der Waals surface area (Å²) in [5, 5.41) is 3.32. The van der Waals surface area contributed by atoms with Crippen LogP contribution in [0.1, 0.15) is 27.2 Å². The standard InChI is InChI=1S/C13H29NOSi/c1-8-9-10-11(2)13(12(3)14-4)15-16(5,6)7/h8-9,11-14H,10H2,1-7H3/b9-8+/t11-,12+,13-/m1/s1. The minimum atomic E-state index is -1.47. The number of likely N-dealkylation sites (N-methyl/N-ethyl adjacent to an activating group) is 1. The average molecular weight is 243 g/mol. The molecule has 0 saturated carbocycles. The molecule has 16 heavy (non-hydrogen) atoms. The van der Waals surface area contributed by atoms with E-state index in [1.54, 1.807) is 0 Å². The van der Waals surface area contributed by atoms with Crippen LogP contribution in [0, 0.1) is 5.92 Å². The second kappa shape index (κ2) is 7.25.